The normalized spacial score (nSPS) is 23.8. The van der Waals surface area contributed by atoms with Gasteiger partial charge in [-0.2, -0.15) is 0 Å². The van der Waals surface area contributed by atoms with Crippen molar-refractivity contribution in [2.75, 3.05) is 20.2 Å². The minimum absolute atomic E-state index is 0.00866. The molecular weight excluding hydrogens is 402 g/mol. The second kappa shape index (κ2) is 9.24. The zero-order valence-electron chi connectivity index (χ0n) is 17.7. The van der Waals surface area contributed by atoms with Crippen molar-refractivity contribution < 1.29 is 17.9 Å². The maximum absolute atomic E-state index is 12.9. The van der Waals surface area contributed by atoms with Gasteiger partial charge >= 0.3 is 0 Å². The van der Waals surface area contributed by atoms with E-state index in [2.05, 4.69) is 14.9 Å². The Kier molecular flexibility index (Phi) is 6.65. The van der Waals surface area contributed by atoms with Crippen molar-refractivity contribution in [3.05, 3.63) is 23.8 Å². The molecule has 30 heavy (non-hydrogen) atoms. The van der Waals surface area contributed by atoms with Crippen molar-refractivity contribution in [1.29, 1.82) is 0 Å². The Morgan fingerprint density at radius 2 is 1.77 bits per heavy atom. The average molecular weight is 436 g/mol. The van der Waals surface area contributed by atoms with Crippen LogP contribution in [0.1, 0.15) is 68.1 Å². The van der Waals surface area contributed by atoms with Gasteiger partial charge in [0.1, 0.15) is 10.6 Å². The van der Waals surface area contributed by atoms with Crippen LogP contribution in [0.3, 0.4) is 0 Å². The molecule has 2 saturated carbocycles. The van der Waals surface area contributed by atoms with E-state index in [1.54, 1.807) is 12.1 Å². The first kappa shape index (κ1) is 21.6. The van der Waals surface area contributed by atoms with Gasteiger partial charge in [0, 0.05) is 36.8 Å². The number of sulfonamides is 1. The van der Waals surface area contributed by atoms with Crippen LogP contribution in [0.4, 0.5) is 0 Å². The predicted octanol–water partition coefficient (Wildman–Crippen LogP) is 2.66. The van der Waals surface area contributed by atoms with Gasteiger partial charge in [-0.15, -0.1) is 0 Å². The summed E-state index contributed by atoms with van der Waals surface area (Å²) in [7, 11) is -2.28. The minimum atomic E-state index is -3.71. The fourth-order valence-electron chi connectivity index (χ4n) is 4.64. The van der Waals surface area contributed by atoms with Crippen LogP contribution in [0.5, 0.6) is 5.75 Å². The first-order valence-corrected chi connectivity index (χ1v) is 12.7. The van der Waals surface area contributed by atoms with E-state index < -0.39 is 10.0 Å². The van der Waals surface area contributed by atoms with Gasteiger partial charge in [0.25, 0.3) is 5.91 Å². The number of nitrogens with one attached hydrogen (secondary N) is 2. The first-order valence-electron chi connectivity index (χ1n) is 11.2. The molecule has 0 bridgehead atoms. The summed E-state index contributed by atoms with van der Waals surface area (Å²) < 4.78 is 33.3. The van der Waals surface area contributed by atoms with Crippen molar-refractivity contribution in [1.82, 2.24) is 14.9 Å². The molecule has 1 aliphatic heterocycles. The van der Waals surface area contributed by atoms with Crippen LogP contribution in [0.25, 0.3) is 0 Å². The quantitative estimate of drug-likeness (QED) is 0.643. The van der Waals surface area contributed by atoms with E-state index in [4.69, 9.17) is 4.74 Å². The Balaban J connectivity index is 1.41. The van der Waals surface area contributed by atoms with E-state index in [-0.39, 0.29) is 28.6 Å². The highest BCUT2D eigenvalue weighted by molar-refractivity contribution is 7.89. The predicted molar refractivity (Wildman–Crippen MR) is 115 cm³/mol. The third-order valence-corrected chi connectivity index (χ3v) is 8.05. The van der Waals surface area contributed by atoms with Gasteiger partial charge in [-0.3, -0.25) is 9.69 Å². The number of carbonyl (C=O) groups excluding carboxylic acids is 1. The molecule has 1 atom stereocenters. The summed E-state index contributed by atoms with van der Waals surface area (Å²) in [5.74, 6) is 0.0216. The number of hydrogen-bond donors (Lipinski definition) is 2. The van der Waals surface area contributed by atoms with Crippen LogP contribution >= 0.6 is 0 Å². The van der Waals surface area contributed by atoms with Crippen molar-refractivity contribution in [3.8, 4) is 5.75 Å². The lowest BCUT2D eigenvalue weighted by Crippen LogP contribution is -2.39. The molecule has 1 saturated heterocycles. The maximum Gasteiger partial charge on any atom is 0.251 e. The van der Waals surface area contributed by atoms with E-state index in [9.17, 15) is 13.2 Å². The standard InChI is InChI=1S/C22H33N3O4S/c1-29-20-11-8-16(14-21(20)30(27,28)24-17-9-10-17)22(26)23-18-12-13-25(15-18)19-6-4-2-3-5-7-19/h8,11,14,17-19,24H,2-7,9-10,12-13,15H2,1H3,(H,23,26). The smallest absolute Gasteiger partial charge is 0.251 e. The van der Waals surface area contributed by atoms with Crippen LogP contribution in [0.15, 0.2) is 23.1 Å². The number of benzene rings is 1. The molecule has 1 aromatic carbocycles. The summed E-state index contributed by atoms with van der Waals surface area (Å²) in [5.41, 5.74) is 0.347. The maximum atomic E-state index is 12.9. The van der Waals surface area contributed by atoms with Crippen LogP contribution in [-0.2, 0) is 10.0 Å². The molecule has 1 unspecified atom stereocenters. The SMILES string of the molecule is COc1ccc(C(=O)NC2CCN(C3CCCCCC3)C2)cc1S(=O)(=O)NC1CC1. The summed E-state index contributed by atoms with van der Waals surface area (Å²) in [5, 5.41) is 3.11. The lowest BCUT2D eigenvalue weighted by atomic mass is 10.1. The number of hydrogen-bond acceptors (Lipinski definition) is 5. The third-order valence-electron chi connectivity index (χ3n) is 6.51. The van der Waals surface area contributed by atoms with Crippen molar-refractivity contribution in [3.63, 3.8) is 0 Å². The second-order valence-corrected chi connectivity index (χ2v) is 10.5. The fourth-order valence-corrected chi connectivity index (χ4v) is 6.14. The Hall–Kier alpha value is -1.64. The highest BCUT2D eigenvalue weighted by Crippen LogP contribution is 2.29. The number of likely N-dealkylation sites (tertiary alicyclic amines) is 1. The molecule has 0 radical (unpaired) electrons. The number of rotatable bonds is 7. The molecule has 3 aliphatic rings. The summed E-state index contributed by atoms with van der Waals surface area (Å²) >= 11 is 0. The van der Waals surface area contributed by atoms with Gasteiger partial charge in [0.05, 0.1) is 7.11 Å². The first-order chi connectivity index (χ1) is 14.5. The van der Waals surface area contributed by atoms with Crippen LogP contribution in [0, 0.1) is 0 Å². The van der Waals surface area contributed by atoms with Gasteiger partial charge in [-0.25, -0.2) is 13.1 Å². The van der Waals surface area contributed by atoms with E-state index >= 15 is 0 Å². The molecule has 4 rings (SSSR count). The number of methoxy groups -OCH3 is 1. The molecule has 1 heterocycles. The van der Waals surface area contributed by atoms with Crippen molar-refractivity contribution in [2.45, 2.75) is 80.8 Å². The molecule has 2 N–H and O–H groups in total. The van der Waals surface area contributed by atoms with Crippen molar-refractivity contribution >= 4 is 15.9 Å². The molecule has 7 nitrogen and oxygen atoms in total. The minimum Gasteiger partial charge on any atom is -0.495 e. The molecule has 2 aliphatic carbocycles. The van der Waals surface area contributed by atoms with E-state index in [1.165, 1.54) is 51.7 Å². The molecule has 8 heteroatoms. The Morgan fingerprint density at radius 1 is 1.03 bits per heavy atom. The van der Waals surface area contributed by atoms with E-state index in [0.717, 1.165) is 32.4 Å². The molecule has 1 aromatic rings. The average Bonchev–Trinajstić information content (AvgIpc) is 3.49. The zero-order chi connectivity index (χ0) is 21.1. The Labute approximate surface area is 179 Å². The number of carbonyl (C=O) groups is 1. The van der Waals surface area contributed by atoms with Crippen molar-refractivity contribution in [2.24, 2.45) is 0 Å². The topological polar surface area (TPSA) is 87.7 Å². The molecule has 0 aromatic heterocycles. The second-order valence-electron chi connectivity index (χ2n) is 8.86. The molecule has 1 amide bonds. The largest absolute Gasteiger partial charge is 0.495 e. The lowest BCUT2D eigenvalue weighted by Gasteiger charge is -2.26. The molecule has 166 valence electrons. The van der Waals surface area contributed by atoms with Gasteiger partial charge < -0.3 is 10.1 Å². The lowest BCUT2D eigenvalue weighted by molar-refractivity contribution is 0.0935. The number of nitrogens with zero attached hydrogens (tertiary/aromatic N) is 1. The highest BCUT2D eigenvalue weighted by atomic mass is 32.2. The molecule has 0 spiro atoms. The fraction of sp³-hybridized carbons (Fsp3) is 0.682. The third kappa shape index (κ3) is 5.15. The Bertz CT molecular complexity index is 861. The van der Waals surface area contributed by atoms with Gasteiger partial charge in [-0.05, 0) is 50.3 Å². The summed E-state index contributed by atoms with van der Waals surface area (Å²) in [6.45, 7) is 1.89. The summed E-state index contributed by atoms with van der Waals surface area (Å²) in [4.78, 5) is 15.4. The highest BCUT2D eigenvalue weighted by Gasteiger charge is 2.32. The molecular formula is C22H33N3O4S. The number of amides is 1. The summed E-state index contributed by atoms with van der Waals surface area (Å²) in [6, 6.07) is 5.35. The number of ether oxygens (including phenoxy) is 1. The Morgan fingerprint density at radius 3 is 2.43 bits per heavy atom. The van der Waals surface area contributed by atoms with E-state index in [1.807, 2.05) is 0 Å². The van der Waals surface area contributed by atoms with Gasteiger partial charge in [0.2, 0.25) is 10.0 Å². The monoisotopic (exact) mass is 435 g/mol. The zero-order valence-corrected chi connectivity index (χ0v) is 18.5. The van der Waals surface area contributed by atoms with Crippen LogP contribution < -0.4 is 14.8 Å². The molecule has 3 fully saturated rings. The van der Waals surface area contributed by atoms with Gasteiger partial charge in [-0.1, -0.05) is 25.7 Å². The van der Waals surface area contributed by atoms with E-state index in [0.29, 0.717) is 11.6 Å². The summed E-state index contributed by atoms with van der Waals surface area (Å²) in [6.07, 6.45) is 10.4. The van der Waals surface area contributed by atoms with Gasteiger partial charge in [0.15, 0.2) is 0 Å². The van der Waals surface area contributed by atoms with Crippen LogP contribution in [-0.4, -0.2) is 57.5 Å². The van der Waals surface area contributed by atoms with Crippen LogP contribution in [0.2, 0.25) is 0 Å².